The molecule has 2 aromatic heterocycles. The number of nitrogens with zero attached hydrogens (tertiary/aromatic N) is 2. The lowest BCUT2D eigenvalue weighted by Gasteiger charge is -2.16. The van der Waals surface area contributed by atoms with Crippen LogP contribution in [0, 0.1) is 34.6 Å². The van der Waals surface area contributed by atoms with Gasteiger partial charge >= 0.3 is 0 Å². The third-order valence-electron chi connectivity index (χ3n) is 5.20. The Bertz CT molecular complexity index is 1170. The molecule has 0 saturated heterocycles. The van der Waals surface area contributed by atoms with E-state index in [1.807, 2.05) is 46.8 Å². The average molecular weight is 439 g/mol. The van der Waals surface area contributed by atoms with Crippen LogP contribution in [-0.4, -0.2) is 28.3 Å². The standard InChI is InChI=1S/C24H30N4O2S/c1-12-9-13(2)19(14(3)10-12)27-17(29)11-25-21(30)20-15(4)18-16(5)26-23(24(6,7)8)28-22(18)31-20/h9-10H,11H2,1-8H3,(H,25,30)(H,27,29). The van der Waals surface area contributed by atoms with E-state index >= 15 is 0 Å². The molecule has 7 heteroatoms. The molecule has 0 spiro atoms. The fourth-order valence-corrected chi connectivity index (χ4v) is 4.84. The molecule has 0 atom stereocenters. The van der Waals surface area contributed by atoms with E-state index in [9.17, 15) is 9.59 Å². The van der Waals surface area contributed by atoms with Gasteiger partial charge in [-0.2, -0.15) is 0 Å². The summed E-state index contributed by atoms with van der Waals surface area (Å²) in [6, 6.07) is 4.05. The van der Waals surface area contributed by atoms with Crippen molar-refractivity contribution in [3.63, 3.8) is 0 Å². The number of fused-ring (bicyclic) bond motifs is 1. The Balaban J connectivity index is 1.77. The van der Waals surface area contributed by atoms with Crippen molar-refractivity contribution >= 4 is 39.1 Å². The van der Waals surface area contributed by atoms with Gasteiger partial charge in [-0.1, -0.05) is 38.5 Å². The molecule has 164 valence electrons. The minimum atomic E-state index is -0.273. The van der Waals surface area contributed by atoms with E-state index < -0.39 is 0 Å². The summed E-state index contributed by atoms with van der Waals surface area (Å²) in [5.41, 5.74) is 5.48. The monoisotopic (exact) mass is 438 g/mol. The smallest absolute Gasteiger partial charge is 0.262 e. The lowest BCUT2D eigenvalue weighted by Crippen LogP contribution is -2.33. The highest BCUT2D eigenvalue weighted by Gasteiger charge is 2.23. The topological polar surface area (TPSA) is 84.0 Å². The van der Waals surface area contributed by atoms with Gasteiger partial charge in [-0.3, -0.25) is 9.59 Å². The maximum atomic E-state index is 12.8. The molecular weight excluding hydrogens is 408 g/mol. The van der Waals surface area contributed by atoms with Crippen molar-refractivity contribution in [2.24, 2.45) is 0 Å². The van der Waals surface area contributed by atoms with Crippen molar-refractivity contribution in [1.82, 2.24) is 15.3 Å². The van der Waals surface area contributed by atoms with Gasteiger partial charge < -0.3 is 10.6 Å². The third-order valence-corrected chi connectivity index (χ3v) is 6.38. The van der Waals surface area contributed by atoms with Crippen LogP contribution >= 0.6 is 11.3 Å². The Hall–Kier alpha value is -2.80. The number of carbonyl (C=O) groups is 2. The molecule has 0 aliphatic carbocycles. The minimum absolute atomic E-state index is 0.100. The number of rotatable bonds is 4. The highest BCUT2D eigenvalue weighted by Crippen LogP contribution is 2.33. The first-order chi connectivity index (χ1) is 14.4. The number of carbonyl (C=O) groups excluding carboxylic acids is 2. The van der Waals surface area contributed by atoms with Crippen LogP contribution in [0.3, 0.4) is 0 Å². The lowest BCUT2D eigenvalue weighted by atomic mass is 9.95. The molecule has 0 aliphatic heterocycles. The summed E-state index contributed by atoms with van der Waals surface area (Å²) in [6.45, 7) is 15.9. The van der Waals surface area contributed by atoms with Crippen LogP contribution in [-0.2, 0) is 10.2 Å². The number of nitrogens with one attached hydrogen (secondary N) is 2. The van der Waals surface area contributed by atoms with Crippen molar-refractivity contribution in [1.29, 1.82) is 0 Å². The molecular formula is C24H30N4O2S. The van der Waals surface area contributed by atoms with Gasteiger partial charge in [0, 0.05) is 16.5 Å². The molecule has 0 radical (unpaired) electrons. The van der Waals surface area contributed by atoms with Crippen LogP contribution in [0.25, 0.3) is 10.2 Å². The molecule has 0 aliphatic rings. The number of aromatic nitrogens is 2. The molecule has 2 amide bonds. The zero-order valence-corrected chi connectivity index (χ0v) is 20.3. The number of aryl methyl sites for hydroxylation is 5. The summed E-state index contributed by atoms with van der Waals surface area (Å²) in [5, 5.41) is 6.58. The van der Waals surface area contributed by atoms with E-state index in [1.165, 1.54) is 11.3 Å². The second-order valence-corrected chi connectivity index (χ2v) is 10.1. The van der Waals surface area contributed by atoms with Crippen LogP contribution in [0.1, 0.15) is 64.2 Å². The number of hydrogen-bond donors (Lipinski definition) is 2. The number of amides is 2. The minimum Gasteiger partial charge on any atom is -0.342 e. The van der Waals surface area contributed by atoms with E-state index in [4.69, 9.17) is 4.98 Å². The van der Waals surface area contributed by atoms with E-state index in [0.717, 1.165) is 49.7 Å². The van der Waals surface area contributed by atoms with Gasteiger partial charge in [-0.05, 0) is 51.3 Å². The van der Waals surface area contributed by atoms with E-state index in [1.54, 1.807) is 0 Å². The Morgan fingerprint density at radius 2 is 1.61 bits per heavy atom. The van der Waals surface area contributed by atoms with Crippen LogP contribution < -0.4 is 10.6 Å². The van der Waals surface area contributed by atoms with Gasteiger partial charge in [0.15, 0.2) is 0 Å². The van der Waals surface area contributed by atoms with Crippen LogP contribution in [0.2, 0.25) is 0 Å². The van der Waals surface area contributed by atoms with Crippen molar-refractivity contribution < 1.29 is 9.59 Å². The first-order valence-electron chi connectivity index (χ1n) is 10.3. The SMILES string of the molecule is Cc1cc(C)c(NC(=O)CNC(=O)c2sc3nc(C(C)(C)C)nc(C)c3c2C)c(C)c1. The summed E-state index contributed by atoms with van der Waals surface area (Å²) in [6.07, 6.45) is 0. The quantitative estimate of drug-likeness (QED) is 0.607. The summed E-state index contributed by atoms with van der Waals surface area (Å²) < 4.78 is 0. The van der Waals surface area contributed by atoms with Crippen molar-refractivity contribution in [2.45, 2.75) is 60.8 Å². The Morgan fingerprint density at radius 3 is 2.19 bits per heavy atom. The van der Waals surface area contributed by atoms with E-state index in [-0.39, 0.29) is 23.8 Å². The van der Waals surface area contributed by atoms with Gasteiger partial charge in [-0.25, -0.2) is 9.97 Å². The summed E-state index contributed by atoms with van der Waals surface area (Å²) >= 11 is 1.34. The normalized spacial score (nSPS) is 11.6. The zero-order valence-electron chi connectivity index (χ0n) is 19.5. The first kappa shape index (κ1) is 22.9. The highest BCUT2D eigenvalue weighted by molar-refractivity contribution is 7.20. The number of benzene rings is 1. The van der Waals surface area contributed by atoms with Crippen molar-refractivity contribution in [2.75, 3.05) is 11.9 Å². The molecule has 0 bridgehead atoms. The van der Waals surface area contributed by atoms with Crippen LogP contribution in [0.4, 0.5) is 5.69 Å². The molecule has 2 heterocycles. The summed E-state index contributed by atoms with van der Waals surface area (Å²) in [7, 11) is 0. The van der Waals surface area contributed by atoms with E-state index in [2.05, 4.69) is 36.4 Å². The number of hydrogen-bond acceptors (Lipinski definition) is 5. The predicted molar refractivity (Wildman–Crippen MR) is 127 cm³/mol. The lowest BCUT2D eigenvalue weighted by molar-refractivity contribution is -0.115. The molecule has 1 aromatic carbocycles. The molecule has 3 rings (SSSR count). The van der Waals surface area contributed by atoms with Gasteiger partial charge in [0.25, 0.3) is 5.91 Å². The number of thiophene rings is 1. The maximum Gasteiger partial charge on any atom is 0.262 e. The maximum absolute atomic E-state index is 12.8. The Morgan fingerprint density at radius 1 is 1.00 bits per heavy atom. The molecule has 0 fully saturated rings. The first-order valence-corrected chi connectivity index (χ1v) is 11.1. The molecule has 3 aromatic rings. The predicted octanol–water partition coefficient (Wildman–Crippen LogP) is 4.90. The molecule has 0 unspecified atom stereocenters. The Kier molecular flexibility index (Phi) is 6.18. The fraction of sp³-hybridized carbons (Fsp3) is 0.417. The third kappa shape index (κ3) is 4.77. The van der Waals surface area contributed by atoms with Gasteiger partial charge in [0.2, 0.25) is 5.91 Å². The molecule has 0 saturated carbocycles. The van der Waals surface area contributed by atoms with Crippen LogP contribution in [0.5, 0.6) is 0 Å². The average Bonchev–Trinajstić information content (AvgIpc) is 2.99. The fourth-order valence-electron chi connectivity index (χ4n) is 3.69. The van der Waals surface area contributed by atoms with E-state index in [0.29, 0.717) is 4.88 Å². The van der Waals surface area contributed by atoms with Gasteiger partial charge in [-0.15, -0.1) is 11.3 Å². The van der Waals surface area contributed by atoms with Crippen molar-refractivity contribution in [3.05, 3.63) is 50.8 Å². The number of anilines is 1. The second kappa shape index (κ2) is 8.38. The molecule has 2 N–H and O–H groups in total. The molecule has 6 nitrogen and oxygen atoms in total. The summed E-state index contributed by atoms with van der Waals surface area (Å²) in [5.74, 6) is 0.229. The zero-order chi connectivity index (χ0) is 23.1. The second-order valence-electron chi connectivity index (χ2n) is 9.12. The van der Waals surface area contributed by atoms with Crippen molar-refractivity contribution in [3.8, 4) is 0 Å². The Labute approximate surface area is 187 Å². The largest absolute Gasteiger partial charge is 0.342 e. The van der Waals surface area contributed by atoms with Crippen LogP contribution in [0.15, 0.2) is 12.1 Å². The van der Waals surface area contributed by atoms with Gasteiger partial charge in [0.05, 0.1) is 17.1 Å². The molecule has 31 heavy (non-hydrogen) atoms. The highest BCUT2D eigenvalue weighted by atomic mass is 32.1. The summed E-state index contributed by atoms with van der Waals surface area (Å²) in [4.78, 5) is 36.0. The van der Waals surface area contributed by atoms with Gasteiger partial charge in [0.1, 0.15) is 10.7 Å².